The first kappa shape index (κ1) is 14.1. The lowest BCUT2D eigenvalue weighted by molar-refractivity contribution is -0.148. The molecule has 2 amide bonds. The maximum Gasteiger partial charge on any atom is 0.317 e. The van der Waals surface area contributed by atoms with E-state index in [9.17, 15) is 14.7 Å². The summed E-state index contributed by atoms with van der Waals surface area (Å²) in [5.41, 5.74) is 5.05. The van der Waals surface area contributed by atoms with Crippen LogP contribution in [-0.2, 0) is 4.79 Å². The molecule has 0 aromatic rings. The van der Waals surface area contributed by atoms with Crippen LogP contribution < -0.4 is 11.1 Å². The number of hydrogen-bond acceptors (Lipinski definition) is 3. The molecule has 108 valence electrons. The van der Waals surface area contributed by atoms with Gasteiger partial charge in [-0.1, -0.05) is 12.8 Å². The summed E-state index contributed by atoms with van der Waals surface area (Å²) in [5.74, 6) is -0.786. The third-order valence-electron chi connectivity index (χ3n) is 4.42. The van der Waals surface area contributed by atoms with Gasteiger partial charge < -0.3 is 21.1 Å². The Hall–Kier alpha value is -1.30. The number of carbonyl (C=O) groups is 2. The summed E-state index contributed by atoms with van der Waals surface area (Å²) in [5, 5.41) is 12.1. The second-order valence-corrected chi connectivity index (χ2v) is 5.78. The van der Waals surface area contributed by atoms with Crippen molar-refractivity contribution in [3.05, 3.63) is 0 Å². The molecule has 0 unspecified atom stereocenters. The van der Waals surface area contributed by atoms with Crippen molar-refractivity contribution in [2.24, 2.45) is 11.1 Å². The zero-order chi connectivity index (χ0) is 13.9. The summed E-state index contributed by atoms with van der Waals surface area (Å²) in [6.07, 6.45) is 4.82. The fourth-order valence-electron chi connectivity index (χ4n) is 2.98. The largest absolute Gasteiger partial charge is 0.481 e. The summed E-state index contributed by atoms with van der Waals surface area (Å²) in [4.78, 5) is 25.1. The quantitative estimate of drug-likeness (QED) is 0.705. The van der Waals surface area contributed by atoms with Crippen molar-refractivity contribution < 1.29 is 14.7 Å². The van der Waals surface area contributed by atoms with E-state index in [4.69, 9.17) is 5.73 Å². The number of likely N-dealkylation sites (tertiary alicyclic amines) is 1. The molecule has 0 spiro atoms. The van der Waals surface area contributed by atoms with E-state index in [1.165, 1.54) is 0 Å². The Bertz CT molecular complexity index is 345. The van der Waals surface area contributed by atoms with Crippen LogP contribution in [0.1, 0.15) is 38.5 Å². The molecule has 6 nitrogen and oxygen atoms in total. The highest BCUT2D eigenvalue weighted by molar-refractivity contribution is 5.78. The lowest BCUT2D eigenvalue weighted by Gasteiger charge is -2.32. The van der Waals surface area contributed by atoms with Gasteiger partial charge in [0.15, 0.2) is 0 Å². The Morgan fingerprint density at radius 2 is 1.84 bits per heavy atom. The lowest BCUT2D eigenvalue weighted by atomic mass is 9.86. The Kier molecular flexibility index (Phi) is 4.29. The number of hydrogen-bond donors (Lipinski definition) is 3. The predicted molar refractivity (Wildman–Crippen MR) is 70.7 cm³/mol. The van der Waals surface area contributed by atoms with Crippen molar-refractivity contribution >= 4 is 12.0 Å². The molecule has 1 aliphatic carbocycles. The molecule has 0 radical (unpaired) electrons. The second-order valence-electron chi connectivity index (χ2n) is 5.78. The molecule has 2 fully saturated rings. The summed E-state index contributed by atoms with van der Waals surface area (Å²) >= 11 is 0. The molecule has 4 N–H and O–H groups in total. The molecule has 0 atom stereocenters. The van der Waals surface area contributed by atoms with Crippen molar-refractivity contribution in [3.63, 3.8) is 0 Å². The van der Waals surface area contributed by atoms with Gasteiger partial charge in [0.2, 0.25) is 0 Å². The minimum Gasteiger partial charge on any atom is -0.481 e. The van der Waals surface area contributed by atoms with Crippen LogP contribution in [0.4, 0.5) is 4.79 Å². The normalized spacial score (nSPS) is 23.3. The lowest BCUT2D eigenvalue weighted by Crippen LogP contribution is -2.50. The van der Waals surface area contributed by atoms with Crippen molar-refractivity contribution in [2.45, 2.75) is 44.6 Å². The Morgan fingerprint density at radius 1 is 1.26 bits per heavy atom. The number of nitrogens with two attached hydrogens (primary N) is 1. The van der Waals surface area contributed by atoms with Crippen LogP contribution >= 0.6 is 0 Å². The van der Waals surface area contributed by atoms with Crippen molar-refractivity contribution in [1.29, 1.82) is 0 Å². The van der Waals surface area contributed by atoms with Crippen LogP contribution in [0.25, 0.3) is 0 Å². The number of nitrogens with zero attached hydrogens (tertiary/aromatic N) is 1. The van der Waals surface area contributed by atoms with Gasteiger partial charge in [0.05, 0.1) is 5.41 Å². The molecule has 0 aromatic heterocycles. The predicted octanol–water partition coefficient (Wildman–Crippen LogP) is 0.764. The van der Waals surface area contributed by atoms with Crippen molar-refractivity contribution in [2.75, 3.05) is 19.6 Å². The van der Waals surface area contributed by atoms with Crippen LogP contribution in [0, 0.1) is 5.41 Å². The SMILES string of the molecule is NC1CCN(C(=O)NCC2(C(=O)O)CCCC2)CC1. The zero-order valence-corrected chi connectivity index (χ0v) is 11.2. The van der Waals surface area contributed by atoms with E-state index in [1.807, 2.05) is 0 Å². The summed E-state index contributed by atoms with van der Waals surface area (Å²) in [6.45, 7) is 1.56. The first-order chi connectivity index (χ1) is 9.03. The van der Waals surface area contributed by atoms with Gasteiger partial charge >= 0.3 is 12.0 Å². The molecule has 1 saturated heterocycles. The molecule has 1 heterocycles. The summed E-state index contributed by atoms with van der Waals surface area (Å²) in [6, 6.07) is 0.0312. The number of carboxylic acids is 1. The molecule has 0 aromatic carbocycles. The fraction of sp³-hybridized carbons (Fsp3) is 0.846. The first-order valence-electron chi connectivity index (χ1n) is 7.05. The van der Waals surface area contributed by atoms with Gasteiger partial charge in [0.25, 0.3) is 0 Å². The van der Waals surface area contributed by atoms with Gasteiger partial charge in [-0.3, -0.25) is 4.79 Å². The third kappa shape index (κ3) is 3.18. The molecule has 0 bridgehead atoms. The van der Waals surface area contributed by atoms with Crippen LogP contribution in [0.15, 0.2) is 0 Å². The highest BCUT2D eigenvalue weighted by Gasteiger charge is 2.41. The van der Waals surface area contributed by atoms with Crippen molar-refractivity contribution in [3.8, 4) is 0 Å². The molecule has 2 rings (SSSR count). The molecule has 19 heavy (non-hydrogen) atoms. The van der Waals surface area contributed by atoms with E-state index in [-0.39, 0.29) is 18.6 Å². The number of carboxylic acid groups (broad SMARTS) is 1. The number of carbonyl (C=O) groups excluding carboxylic acids is 1. The molecule has 1 saturated carbocycles. The Morgan fingerprint density at radius 3 is 2.37 bits per heavy atom. The van der Waals surface area contributed by atoms with Gasteiger partial charge in [-0.2, -0.15) is 0 Å². The zero-order valence-electron chi connectivity index (χ0n) is 11.2. The molecular weight excluding hydrogens is 246 g/mol. The summed E-state index contributed by atoms with van der Waals surface area (Å²) in [7, 11) is 0. The number of nitrogens with one attached hydrogen (secondary N) is 1. The number of urea groups is 1. The minimum atomic E-state index is -0.786. The van der Waals surface area contributed by atoms with E-state index in [0.717, 1.165) is 25.7 Å². The number of rotatable bonds is 3. The number of aliphatic carboxylic acids is 1. The van der Waals surface area contributed by atoms with Crippen LogP contribution in [-0.4, -0.2) is 47.7 Å². The van der Waals surface area contributed by atoms with Gasteiger partial charge in [-0.25, -0.2) is 4.79 Å². The Balaban J connectivity index is 1.84. The second kappa shape index (κ2) is 5.77. The molecular formula is C13H23N3O3. The summed E-state index contributed by atoms with van der Waals surface area (Å²) < 4.78 is 0. The average molecular weight is 269 g/mol. The number of amides is 2. The van der Waals surface area contributed by atoms with E-state index < -0.39 is 11.4 Å². The standard InChI is InChI=1S/C13H23N3O3/c14-10-3-7-16(8-4-10)12(19)15-9-13(11(17)18)5-1-2-6-13/h10H,1-9,14H2,(H,15,19)(H,17,18). The Labute approximate surface area is 113 Å². The highest BCUT2D eigenvalue weighted by Crippen LogP contribution is 2.37. The van der Waals surface area contributed by atoms with Gasteiger partial charge in [-0.05, 0) is 25.7 Å². The van der Waals surface area contributed by atoms with Gasteiger partial charge in [-0.15, -0.1) is 0 Å². The topological polar surface area (TPSA) is 95.7 Å². The van der Waals surface area contributed by atoms with Gasteiger partial charge in [0.1, 0.15) is 0 Å². The highest BCUT2D eigenvalue weighted by atomic mass is 16.4. The van der Waals surface area contributed by atoms with Crippen LogP contribution in [0.5, 0.6) is 0 Å². The molecule has 2 aliphatic rings. The first-order valence-corrected chi connectivity index (χ1v) is 7.05. The smallest absolute Gasteiger partial charge is 0.317 e. The van der Waals surface area contributed by atoms with E-state index in [0.29, 0.717) is 25.9 Å². The van der Waals surface area contributed by atoms with Crippen LogP contribution in [0.3, 0.4) is 0 Å². The minimum absolute atomic E-state index is 0.153. The number of piperidine rings is 1. The van der Waals surface area contributed by atoms with Crippen molar-refractivity contribution in [1.82, 2.24) is 10.2 Å². The van der Waals surface area contributed by atoms with E-state index in [2.05, 4.69) is 5.32 Å². The maximum atomic E-state index is 12.0. The van der Waals surface area contributed by atoms with Crippen LogP contribution in [0.2, 0.25) is 0 Å². The van der Waals surface area contributed by atoms with E-state index >= 15 is 0 Å². The maximum absolute atomic E-state index is 12.0. The molecule has 6 heteroatoms. The van der Waals surface area contributed by atoms with E-state index in [1.54, 1.807) is 4.90 Å². The fourth-order valence-corrected chi connectivity index (χ4v) is 2.98. The monoisotopic (exact) mass is 269 g/mol. The van der Waals surface area contributed by atoms with Gasteiger partial charge in [0, 0.05) is 25.7 Å². The molecule has 1 aliphatic heterocycles. The third-order valence-corrected chi connectivity index (χ3v) is 4.42. The average Bonchev–Trinajstić information content (AvgIpc) is 2.87.